The molecule has 1 aromatic heterocycles. The minimum absolute atomic E-state index is 0.100. The Kier molecular flexibility index (Phi) is 7.89. The van der Waals surface area contributed by atoms with E-state index in [1.54, 1.807) is 4.90 Å². The fraction of sp³-hybridized carbons (Fsp3) is 0.788. The molecule has 1 aromatic rings. The van der Waals surface area contributed by atoms with Crippen molar-refractivity contribution in [1.29, 1.82) is 0 Å². The van der Waals surface area contributed by atoms with Gasteiger partial charge in [-0.2, -0.15) is 13.2 Å². The summed E-state index contributed by atoms with van der Waals surface area (Å²) in [7, 11) is 0. The van der Waals surface area contributed by atoms with Gasteiger partial charge in [0.05, 0.1) is 6.10 Å². The number of anilines is 1. The molecule has 6 nitrogen and oxygen atoms in total. The van der Waals surface area contributed by atoms with E-state index in [4.69, 9.17) is 0 Å². The molecule has 9 heteroatoms. The van der Waals surface area contributed by atoms with Crippen molar-refractivity contribution in [2.45, 2.75) is 97.3 Å². The van der Waals surface area contributed by atoms with Gasteiger partial charge in [-0.15, -0.1) is 0 Å². The van der Waals surface area contributed by atoms with Crippen molar-refractivity contribution in [2.75, 3.05) is 31.1 Å². The van der Waals surface area contributed by atoms with Crippen molar-refractivity contribution in [3.63, 3.8) is 0 Å². The molecule has 5 aliphatic rings. The second-order valence-corrected chi connectivity index (χ2v) is 14.5. The van der Waals surface area contributed by atoms with Gasteiger partial charge in [0.2, 0.25) is 5.91 Å². The Hall–Kier alpha value is -2.16. The van der Waals surface area contributed by atoms with Crippen molar-refractivity contribution < 1.29 is 23.1 Å². The van der Waals surface area contributed by atoms with Gasteiger partial charge in [-0.1, -0.05) is 32.4 Å². The zero-order valence-electron chi connectivity index (χ0n) is 25.4. The first-order valence-corrected chi connectivity index (χ1v) is 16.2. The third kappa shape index (κ3) is 5.15. The zero-order valence-corrected chi connectivity index (χ0v) is 25.4. The van der Waals surface area contributed by atoms with Gasteiger partial charge < -0.3 is 14.9 Å². The number of piperazine rings is 1. The van der Waals surface area contributed by atoms with Crippen LogP contribution in [0.25, 0.3) is 0 Å². The van der Waals surface area contributed by atoms with E-state index in [1.807, 2.05) is 4.90 Å². The minimum Gasteiger partial charge on any atom is -0.393 e. The highest BCUT2D eigenvalue weighted by molar-refractivity contribution is 5.76. The number of hydrogen-bond donors (Lipinski definition) is 1. The Bertz CT molecular complexity index is 1200. The first-order valence-electron chi connectivity index (χ1n) is 16.2. The standard InChI is InChI=1S/C33H47F3N4O2/c1-21(4-9-29(42)39-14-16-40(17-15-39)30-28(33(34,35)36)19-37-20-38-30)25-7-8-26-24-6-5-22-18-23(41)10-12-31(22,2)27(24)11-13-32(25,26)3/h5,19-21,23-27,41H,4,6-18H2,1-3H3/t21?,23-,24-,25+,26-,27-,31-,32+/m0/s1. The summed E-state index contributed by atoms with van der Waals surface area (Å²) in [6.45, 7) is 8.84. The number of aliphatic hydroxyl groups excluding tert-OH is 1. The molecule has 8 atom stereocenters. The Morgan fingerprint density at radius 2 is 1.86 bits per heavy atom. The molecule has 1 aliphatic heterocycles. The number of amides is 1. The van der Waals surface area contributed by atoms with Gasteiger partial charge in [0.1, 0.15) is 17.7 Å². The average Bonchev–Trinajstić information content (AvgIpc) is 3.33. The molecule has 3 saturated carbocycles. The largest absolute Gasteiger partial charge is 0.421 e. The summed E-state index contributed by atoms with van der Waals surface area (Å²) in [4.78, 5) is 24.1. The lowest BCUT2D eigenvalue weighted by molar-refractivity contribution is -0.138. The normalized spacial score (nSPS) is 37.4. The highest BCUT2D eigenvalue weighted by Gasteiger charge is 2.59. The van der Waals surface area contributed by atoms with Gasteiger partial charge in [-0.3, -0.25) is 4.79 Å². The van der Waals surface area contributed by atoms with Crippen molar-refractivity contribution in [2.24, 2.45) is 40.4 Å². The minimum atomic E-state index is -4.51. The van der Waals surface area contributed by atoms with E-state index in [0.29, 0.717) is 49.9 Å². The molecular weight excluding hydrogens is 541 g/mol. The molecule has 232 valence electrons. The van der Waals surface area contributed by atoms with E-state index in [0.717, 1.165) is 62.4 Å². The number of carbonyl (C=O) groups is 1. The van der Waals surface area contributed by atoms with E-state index >= 15 is 0 Å². The van der Waals surface area contributed by atoms with Gasteiger partial charge in [0, 0.05) is 38.8 Å². The van der Waals surface area contributed by atoms with E-state index in [1.165, 1.54) is 31.3 Å². The number of allylic oxidation sites excluding steroid dienone is 1. The quantitative estimate of drug-likeness (QED) is 0.398. The van der Waals surface area contributed by atoms with E-state index in [9.17, 15) is 23.1 Å². The lowest BCUT2D eigenvalue weighted by atomic mass is 9.47. The Morgan fingerprint density at radius 3 is 2.60 bits per heavy atom. The highest BCUT2D eigenvalue weighted by Crippen LogP contribution is 2.67. The second-order valence-electron chi connectivity index (χ2n) is 14.5. The van der Waals surface area contributed by atoms with Crippen molar-refractivity contribution in [3.05, 3.63) is 29.7 Å². The number of alkyl halides is 3. The summed E-state index contributed by atoms with van der Waals surface area (Å²) in [5, 5.41) is 10.3. The van der Waals surface area contributed by atoms with E-state index in [2.05, 4.69) is 36.8 Å². The van der Waals surface area contributed by atoms with Crippen LogP contribution in [0.5, 0.6) is 0 Å². The summed E-state index contributed by atoms with van der Waals surface area (Å²) >= 11 is 0. The van der Waals surface area contributed by atoms with Crippen molar-refractivity contribution >= 4 is 11.7 Å². The fourth-order valence-electron chi connectivity index (χ4n) is 10.3. The number of nitrogens with zero attached hydrogens (tertiary/aromatic N) is 4. The van der Waals surface area contributed by atoms with E-state index in [-0.39, 0.29) is 23.2 Å². The maximum atomic E-state index is 13.4. The Balaban J connectivity index is 1.04. The Labute approximate surface area is 248 Å². The number of hydrogen-bond acceptors (Lipinski definition) is 5. The van der Waals surface area contributed by atoms with E-state index < -0.39 is 11.7 Å². The SMILES string of the molecule is CC(CCC(=O)N1CCN(c2ncncc2C(F)(F)F)CC1)[C@H]1CC[C@H]2[C@@H]3CC=C4C[C@@H](O)CC[C@]4(C)[C@H]3CC[C@]12C. The molecule has 1 saturated heterocycles. The molecule has 0 spiro atoms. The van der Waals surface area contributed by atoms with Gasteiger partial charge in [0.15, 0.2) is 0 Å². The third-order valence-corrected chi connectivity index (χ3v) is 12.6. The Morgan fingerprint density at radius 1 is 1.10 bits per heavy atom. The number of aromatic nitrogens is 2. The van der Waals surface area contributed by atoms with Crippen LogP contribution < -0.4 is 4.90 Å². The van der Waals surface area contributed by atoms with Gasteiger partial charge in [0.25, 0.3) is 0 Å². The molecule has 1 unspecified atom stereocenters. The van der Waals surface area contributed by atoms with Crippen molar-refractivity contribution in [1.82, 2.24) is 14.9 Å². The van der Waals surface area contributed by atoms with Crippen LogP contribution in [-0.4, -0.2) is 58.2 Å². The molecule has 0 aromatic carbocycles. The lowest BCUT2D eigenvalue weighted by Gasteiger charge is -2.58. The molecule has 6 rings (SSSR count). The summed E-state index contributed by atoms with van der Waals surface area (Å²) in [5.74, 6) is 3.29. The fourth-order valence-corrected chi connectivity index (χ4v) is 10.3. The van der Waals surface area contributed by atoms with Crippen LogP contribution in [0.15, 0.2) is 24.2 Å². The third-order valence-electron chi connectivity index (χ3n) is 12.6. The molecule has 0 radical (unpaired) electrons. The molecule has 42 heavy (non-hydrogen) atoms. The number of carbonyl (C=O) groups excluding carboxylic acids is 1. The van der Waals surface area contributed by atoms with Gasteiger partial charge in [-0.25, -0.2) is 9.97 Å². The zero-order chi connectivity index (χ0) is 29.9. The van der Waals surface area contributed by atoms with Gasteiger partial charge in [-0.05, 0) is 98.2 Å². The predicted octanol–water partition coefficient (Wildman–Crippen LogP) is 6.50. The first-order chi connectivity index (χ1) is 19.9. The number of halogens is 3. The van der Waals surface area contributed by atoms with Crippen LogP contribution in [0.1, 0.15) is 90.5 Å². The van der Waals surface area contributed by atoms with Crippen LogP contribution in [0.4, 0.5) is 19.0 Å². The number of rotatable bonds is 5. The highest BCUT2D eigenvalue weighted by atomic mass is 19.4. The monoisotopic (exact) mass is 588 g/mol. The molecule has 1 amide bonds. The van der Waals surface area contributed by atoms with Crippen LogP contribution >= 0.6 is 0 Å². The number of fused-ring (bicyclic) bond motifs is 5. The van der Waals surface area contributed by atoms with Crippen LogP contribution in [0.3, 0.4) is 0 Å². The molecule has 2 heterocycles. The number of aliphatic hydroxyl groups is 1. The summed E-state index contributed by atoms with van der Waals surface area (Å²) in [6.07, 6.45) is 10.3. The van der Waals surface area contributed by atoms with Crippen LogP contribution in [0, 0.1) is 40.4 Å². The molecule has 0 bridgehead atoms. The second kappa shape index (κ2) is 11.1. The predicted molar refractivity (Wildman–Crippen MR) is 155 cm³/mol. The van der Waals surface area contributed by atoms with Crippen molar-refractivity contribution in [3.8, 4) is 0 Å². The summed E-state index contributed by atoms with van der Waals surface area (Å²) in [5.41, 5.74) is 1.27. The van der Waals surface area contributed by atoms with Crippen LogP contribution in [-0.2, 0) is 11.0 Å². The molecular formula is C33H47F3N4O2. The smallest absolute Gasteiger partial charge is 0.393 e. The summed E-state index contributed by atoms with van der Waals surface area (Å²) < 4.78 is 40.3. The van der Waals surface area contributed by atoms with Gasteiger partial charge >= 0.3 is 6.18 Å². The first kappa shape index (κ1) is 29.9. The summed E-state index contributed by atoms with van der Waals surface area (Å²) in [6, 6.07) is 0. The molecule has 4 fully saturated rings. The molecule has 1 N–H and O–H groups in total. The van der Waals surface area contributed by atoms with Crippen LogP contribution in [0.2, 0.25) is 0 Å². The average molecular weight is 589 g/mol. The lowest BCUT2D eigenvalue weighted by Crippen LogP contribution is -2.51. The molecule has 4 aliphatic carbocycles. The maximum Gasteiger partial charge on any atom is 0.421 e. The maximum absolute atomic E-state index is 13.4. The topological polar surface area (TPSA) is 69.6 Å².